The minimum atomic E-state index is -0.987. The largest absolute Gasteiger partial charge is 0.481 e. The molecule has 0 atom stereocenters. The summed E-state index contributed by atoms with van der Waals surface area (Å²) in [6, 6.07) is 8.10. The average molecular weight is 402 g/mol. The van der Waals surface area contributed by atoms with Gasteiger partial charge in [-0.2, -0.15) is 0 Å². The Bertz CT molecular complexity index is 864. The van der Waals surface area contributed by atoms with Gasteiger partial charge in [-0.05, 0) is 84.8 Å². The number of nitrogens with zero attached hydrogens (tertiary/aromatic N) is 1. The zero-order chi connectivity index (χ0) is 20.7. The number of aliphatic carboxylic acids is 1. The third kappa shape index (κ3) is 5.58. The minimum absolute atomic E-state index is 0.347. The van der Waals surface area contributed by atoms with E-state index in [2.05, 4.69) is 18.2 Å². The van der Waals surface area contributed by atoms with Crippen LogP contribution in [-0.2, 0) is 17.6 Å². The Balaban J connectivity index is 2.34. The van der Waals surface area contributed by atoms with E-state index in [1.54, 1.807) is 11.8 Å². The summed E-state index contributed by atoms with van der Waals surface area (Å²) < 4.78 is 5.48. The van der Waals surface area contributed by atoms with Gasteiger partial charge in [0.1, 0.15) is 11.4 Å². The topological polar surface area (TPSA) is 76.0 Å². The van der Waals surface area contributed by atoms with Crippen molar-refractivity contribution in [1.82, 2.24) is 0 Å². The first-order chi connectivity index (χ1) is 13.4. The van der Waals surface area contributed by atoms with E-state index in [0.717, 1.165) is 57.7 Å². The van der Waals surface area contributed by atoms with Gasteiger partial charge in [0, 0.05) is 9.79 Å². The van der Waals surface area contributed by atoms with Crippen LogP contribution in [0.2, 0.25) is 0 Å². The summed E-state index contributed by atoms with van der Waals surface area (Å²) in [7, 11) is 0. The maximum Gasteiger partial charge on any atom is 0.341 e. The van der Waals surface area contributed by atoms with Crippen molar-refractivity contribution in [3.63, 3.8) is 0 Å². The molecule has 0 aliphatic carbocycles. The standard InChI is InChI=1S/C22H27NO4S/c1-5-7-8-17-12-18(9-14(3)21(17)23-26)28-19-10-15(4)22(16(6-2)11-19)27-13-20(24)25/h9-12H,5-8,13H2,1-4H3,(H,24,25). The van der Waals surface area contributed by atoms with Crippen LogP contribution in [0.4, 0.5) is 5.69 Å². The lowest BCUT2D eigenvalue weighted by Crippen LogP contribution is -2.11. The van der Waals surface area contributed by atoms with Crippen LogP contribution >= 0.6 is 11.8 Å². The van der Waals surface area contributed by atoms with Gasteiger partial charge in [0.2, 0.25) is 0 Å². The van der Waals surface area contributed by atoms with E-state index in [4.69, 9.17) is 9.84 Å². The Morgan fingerprint density at radius 2 is 1.71 bits per heavy atom. The molecule has 1 N–H and O–H groups in total. The SMILES string of the molecule is CCCCc1cc(Sc2cc(C)c(OCC(=O)O)c(CC)c2)cc(C)c1N=O. The molecule has 0 bridgehead atoms. The molecule has 0 aliphatic rings. The Morgan fingerprint density at radius 1 is 1.07 bits per heavy atom. The monoisotopic (exact) mass is 401 g/mol. The number of carboxylic acids is 1. The van der Waals surface area contributed by atoms with Crippen molar-refractivity contribution >= 4 is 23.4 Å². The molecule has 0 aromatic heterocycles. The molecule has 150 valence electrons. The molecule has 0 fully saturated rings. The summed E-state index contributed by atoms with van der Waals surface area (Å²) in [6.07, 6.45) is 3.67. The van der Waals surface area contributed by atoms with Crippen molar-refractivity contribution in [3.8, 4) is 5.75 Å². The number of hydrogen-bond donors (Lipinski definition) is 1. The van der Waals surface area contributed by atoms with Gasteiger partial charge in [0.05, 0.1) is 0 Å². The average Bonchev–Trinajstić information content (AvgIpc) is 2.64. The summed E-state index contributed by atoms with van der Waals surface area (Å²) in [5, 5.41) is 12.1. The number of aryl methyl sites for hydroxylation is 4. The molecular weight excluding hydrogens is 374 g/mol. The highest BCUT2D eigenvalue weighted by Gasteiger charge is 2.13. The van der Waals surface area contributed by atoms with Crippen molar-refractivity contribution in [1.29, 1.82) is 0 Å². The second kappa shape index (κ2) is 10.3. The van der Waals surface area contributed by atoms with Crippen molar-refractivity contribution < 1.29 is 14.6 Å². The van der Waals surface area contributed by atoms with E-state index in [1.165, 1.54) is 0 Å². The van der Waals surface area contributed by atoms with Gasteiger partial charge in [-0.25, -0.2) is 4.79 Å². The molecule has 0 aliphatic heterocycles. The molecule has 2 rings (SSSR count). The second-order valence-electron chi connectivity index (χ2n) is 6.81. The van der Waals surface area contributed by atoms with Gasteiger partial charge in [0.15, 0.2) is 6.61 Å². The molecule has 5 nitrogen and oxygen atoms in total. The summed E-state index contributed by atoms with van der Waals surface area (Å²) in [6.45, 7) is 7.65. The highest BCUT2D eigenvalue weighted by atomic mass is 32.2. The lowest BCUT2D eigenvalue weighted by molar-refractivity contribution is -0.139. The number of rotatable bonds is 10. The fourth-order valence-electron chi connectivity index (χ4n) is 3.17. The Hall–Kier alpha value is -2.34. The van der Waals surface area contributed by atoms with E-state index < -0.39 is 5.97 Å². The normalized spacial score (nSPS) is 10.7. The number of unbranched alkanes of at least 4 members (excludes halogenated alkanes) is 1. The number of carboxylic acid groups (broad SMARTS) is 1. The predicted molar refractivity (Wildman–Crippen MR) is 113 cm³/mol. The van der Waals surface area contributed by atoms with E-state index in [9.17, 15) is 9.70 Å². The summed E-state index contributed by atoms with van der Waals surface area (Å²) >= 11 is 1.63. The van der Waals surface area contributed by atoms with Gasteiger partial charge in [-0.3, -0.25) is 0 Å². The number of carbonyl (C=O) groups is 1. The highest BCUT2D eigenvalue weighted by molar-refractivity contribution is 7.99. The maximum absolute atomic E-state index is 11.2. The zero-order valence-electron chi connectivity index (χ0n) is 16.9. The van der Waals surface area contributed by atoms with Gasteiger partial charge in [-0.1, -0.05) is 32.0 Å². The number of nitroso groups, excluding NO2 is 1. The third-order valence-electron chi connectivity index (χ3n) is 4.53. The third-order valence-corrected chi connectivity index (χ3v) is 5.47. The first-order valence-electron chi connectivity index (χ1n) is 9.52. The Kier molecular flexibility index (Phi) is 8.05. The fraction of sp³-hybridized carbons (Fsp3) is 0.409. The van der Waals surface area contributed by atoms with Crippen LogP contribution in [0.25, 0.3) is 0 Å². The van der Waals surface area contributed by atoms with Crippen LogP contribution in [0.3, 0.4) is 0 Å². The van der Waals surface area contributed by atoms with Gasteiger partial charge in [-0.15, -0.1) is 4.91 Å². The molecule has 2 aromatic rings. The molecule has 0 spiro atoms. The molecule has 0 unspecified atom stereocenters. The zero-order valence-corrected chi connectivity index (χ0v) is 17.7. The van der Waals surface area contributed by atoms with Crippen LogP contribution in [-0.4, -0.2) is 17.7 Å². The van der Waals surface area contributed by atoms with Gasteiger partial charge in [0.25, 0.3) is 0 Å². The lowest BCUT2D eigenvalue weighted by Gasteiger charge is -2.15. The summed E-state index contributed by atoms with van der Waals surface area (Å²) in [5.41, 5.74) is 4.34. The Labute approximate surface area is 170 Å². The van der Waals surface area contributed by atoms with Crippen molar-refractivity contribution in [2.45, 2.75) is 63.2 Å². The highest BCUT2D eigenvalue weighted by Crippen LogP contribution is 2.37. The fourth-order valence-corrected chi connectivity index (χ4v) is 4.32. The summed E-state index contributed by atoms with van der Waals surface area (Å²) in [4.78, 5) is 24.2. The van der Waals surface area contributed by atoms with Crippen LogP contribution < -0.4 is 4.74 Å². The van der Waals surface area contributed by atoms with Crippen LogP contribution in [0.15, 0.2) is 39.2 Å². The smallest absolute Gasteiger partial charge is 0.341 e. The molecular formula is C22H27NO4S. The molecule has 0 heterocycles. The van der Waals surface area contributed by atoms with E-state index in [-0.39, 0.29) is 6.61 Å². The van der Waals surface area contributed by atoms with E-state index >= 15 is 0 Å². The number of hydrogen-bond acceptors (Lipinski definition) is 5. The molecule has 0 amide bonds. The molecule has 28 heavy (non-hydrogen) atoms. The van der Waals surface area contributed by atoms with Crippen molar-refractivity contribution in [3.05, 3.63) is 51.4 Å². The van der Waals surface area contributed by atoms with Gasteiger partial charge >= 0.3 is 5.97 Å². The van der Waals surface area contributed by atoms with E-state index in [0.29, 0.717) is 11.4 Å². The number of benzene rings is 2. The van der Waals surface area contributed by atoms with Crippen LogP contribution in [0, 0.1) is 18.8 Å². The molecule has 0 saturated heterocycles. The van der Waals surface area contributed by atoms with E-state index in [1.807, 2.05) is 39.0 Å². The molecule has 6 heteroatoms. The minimum Gasteiger partial charge on any atom is -0.481 e. The molecule has 2 aromatic carbocycles. The quantitative estimate of drug-likeness (QED) is 0.478. The second-order valence-corrected chi connectivity index (χ2v) is 7.96. The Morgan fingerprint density at radius 3 is 2.29 bits per heavy atom. The summed E-state index contributed by atoms with van der Waals surface area (Å²) in [5.74, 6) is -0.339. The van der Waals surface area contributed by atoms with Gasteiger partial charge < -0.3 is 9.84 Å². The van der Waals surface area contributed by atoms with Crippen molar-refractivity contribution in [2.24, 2.45) is 5.18 Å². The van der Waals surface area contributed by atoms with Crippen LogP contribution in [0.5, 0.6) is 5.75 Å². The first-order valence-corrected chi connectivity index (χ1v) is 10.3. The predicted octanol–water partition coefficient (Wildman–Crippen LogP) is 6.22. The van der Waals surface area contributed by atoms with Crippen LogP contribution in [0.1, 0.15) is 48.9 Å². The number of ether oxygens (including phenoxy) is 1. The maximum atomic E-state index is 11.2. The lowest BCUT2D eigenvalue weighted by atomic mass is 10.0. The molecule has 0 radical (unpaired) electrons. The first kappa shape index (κ1) is 22.0. The van der Waals surface area contributed by atoms with Crippen molar-refractivity contribution in [2.75, 3.05) is 6.61 Å². The molecule has 0 saturated carbocycles.